The van der Waals surface area contributed by atoms with Crippen LogP contribution in [0.15, 0.2) is 66.7 Å². The molecule has 3 heteroatoms. The molecule has 0 heterocycles. The third-order valence-electron chi connectivity index (χ3n) is 4.16. The Hall–Kier alpha value is -2.58. The maximum absolute atomic E-state index is 11.9. The Morgan fingerprint density at radius 3 is 2.12 bits per heavy atom. The molecule has 0 spiro atoms. The Balaban J connectivity index is 2.18. The van der Waals surface area contributed by atoms with E-state index in [1.54, 1.807) is 13.1 Å². The average molecular weight is 336 g/mol. The van der Waals surface area contributed by atoms with E-state index in [4.69, 9.17) is 11.6 Å². The van der Waals surface area contributed by atoms with E-state index >= 15 is 0 Å². The van der Waals surface area contributed by atoms with Gasteiger partial charge < -0.3 is 5.32 Å². The number of halogens is 1. The largest absolute Gasteiger partial charge is 0.355 e. The second-order valence-corrected chi connectivity index (χ2v) is 5.97. The first-order chi connectivity index (χ1) is 11.6. The van der Waals surface area contributed by atoms with Gasteiger partial charge in [-0.25, -0.2) is 0 Å². The van der Waals surface area contributed by atoms with Gasteiger partial charge in [0.15, 0.2) is 0 Å². The highest BCUT2D eigenvalue weighted by molar-refractivity contribution is 6.35. The summed E-state index contributed by atoms with van der Waals surface area (Å²) in [5.74, 6) is -0.175. The zero-order valence-electron chi connectivity index (χ0n) is 13.6. The van der Waals surface area contributed by atoms with Crippen LogP contribution in [0.25, 0.3) is 22.3 Å². The summed E-state index contributed by atoms with van der Waals surface area (Å²) >= 11 is 6.46. The minimum atomic E-state index is -0.175. The summed E-state index contributed by atoms with van der Waals surface area (Å²) in [6.07, 6.45) is 0. The number of carbonyl (C=O) groups excluding carboxylic acids is 1. The predicted octanol–water partition coefficient (Wildman–Crippen LogP) is 5.34. The van der Waals surface area contributed by atoms with Gasteiger partial charge in [-0.05, 0) is 40.8 Å². The SMILES string of the molecule is CNC(=O)c1ccc(-c2ccccc2-c2ccccc2)c(C)c1Cl. The molecule has 0 aromatic heterocycles. The predicted molar refractivity (Wildman–Crippen MR) is 100 cm³/mol. The standard InChI is InChI=1S/C21H18ClNO/c1-14-16(12-13-19(20(14)22)21(24)23-2)18-11-7-6-10-17(18)15-8-4-3-5-9-15/h3-13H,1-2H3,(H,23,24). The van der Waals surface area contributed by atoms with Crippen molar-refractivity contribution in [1.82, 2.24) is 5.32 Å². The van der Waals surface area contributed by atoms with E-state index in [0.717, 1.165) is 27.8 Å². The van der Waals surface area contributed by atoms with E-state index < -0.39 is 0 Å². The molecule has 0 aliphatic rings. The van der Waals surface area contributed by atoms with Crippen molar-refractivity contribution in [1.29, 1.82) is 0 Å². The molecular weight excluding hydrogens is 318 g/mol. The minimum Gasteiger partial charge on any atom is -0.355 e. The van der Waals surface area contributed by atoms with Crippen molar-refractivity contribution in [3.63, 3.8) is 0 Å². The van der Waals surface area contributed by atoms with E-state index in [2.05, 4.69) is 29.6 Å². The van der Waals surface area contributed by atoms with Crippen LogP contribution >= 0.6 is 11.6 Å². The third kappa shape index (κ3) is 2.93. The molecule has 0 aliphatic heterocycles. The van der Waals surface area contributed by atoms with E-state index in [0.29, 0.717) is 10.6 Å². The van der Waals surface area contributed by atoms with Crippen molar-refractivity contribution in [2.75, 3.05) is 7.05 Å². The molecule has 3 aromatic rings. The molecule has 0 saturated heterocycles. The maximum Gasteiger partial charge on any atom is 0.252 e. The molecule has 1 amide bonds. The van der Waals surface area contributed by atoms with Gasteiger partial charge in [0, 0.05) is 7.05 Å². The number of nitrogens with one attached hydrogen (secondary N) is 1. The van der Waals surface area contributed by atoms with E-state index in [1.807, 2.05) is 43.3 Å². The normalized spacial score (nSPS) is 10.5. The van der Waals surface area contributed by atoms with Crippen LogP contribution in [0.1, 0.15) is 15.9 Å². The van der Waals surface area contributed by atoms with E-state index in [-0.39, 0.29) is 5.91 Å². The lowest BCUT2D eigenvalue weighted by molar-refractivity contribution is 0.0963. The first-order valence-electron chi connectivity index (χ1n) is 7.79. The number of hydrogen-bond acceptors (Lipinski definition) is 1. The summed E-state index contributed by atoms with van der Waals surface area (Å²) in [4.78, 5) is 11.9. The fraction of sp³-hybridized carbons (Fsp3) is 0.0952. The number of rotatable bonds is 3. The molecule has 3 rings (SSSR count). The number of hydrogen-bond donors (Lipinski definition) is 1. The van der Waals surface area contributed by atoms with Gasteiger partial charge in [-0.2, -0.15) is 0 Å². The Bertz CT molecular complexity index is 888. The summed E-state index contributed by atoms with van der Waals surface area (Å²) in [7, 11) is 1.60. The molecule has 2 nitrogen and oxygen atoms in total. The van der Waals surface area contributed by atoms with Gasteiger partial charge in [-0.3, -0.25) is 4.79 Å². The van der Waals surface area contributed by atoms with Crippen LogP contribution in [0.4, 0.5) is 0 Å². The van der Waals surface area contributed by atoms with Gasteiger partial charge in [0.2, 0.25) is 0 Å². The number of benzene rings is 3. The van der Waals surface area contributed by atoms with Gasteiger partial charge in [0.1, 0.15) is 0 Å². The van der Waals surface area contributed by atoms with Gasteiger partial charge in [0.05, 0.1) is 10.6 Å². The molecule has 0 atom stereocenters. The monoisotopic (exact) mass is 335 g/mol. The molecule has 0 radical (unpaired) electrons. The molecule has 3 aromatic carbocycles. The lowest BCUT2D eigenvalue weighted by Gasteiger charge is -2.15. The zero-order chi connectivity index (χ0) is 17.1. The second-order valence-electron chi connectivity index (χ2n) is 5.59. The molecule has 1 N–H and O–H groups in total. The molecule has 24 heavy (non-hydrogen) atoms. The van der Waals surface area contributed by atoms with Crippen LogP contribution in [0.2, 0.25) is 5.02 Å². The van der Waals surface area contributed by atoms with Gasteiger partial charge in [-0.15, -0.1) is 0 Å². The molecule has 120 valence electrons. The topological polar surface area (TPSA) is 29.1 Å². The first kappa shape index (κ1) is 16.3. The summed E-state index contributed by atoms with van der Waals surface area (Å²) < 4.78 is 0. The van der Waals surface area contributed by atoms with Crippen molar-refractivity contribution in [2.45, 2.75) is 6.92 Å². The highest BCUT2D eigenvalue weighted by Gasteiger charge is 2.16. The number of carbonyl (C=O) groups is 1. The van der Waals surface area contributed by atoms with Crippen molar-refractivity contribution >= 4 is 17.5 Å². The Morgan fingerprint density at radius 1 is 0.833 bits per heavy atom. The van der Waals surface area contributed by atoms with Gasteiger partial charge >= 0.3 is 0 Å². The summed E-state index contributed by atoms with van der Waals surface area (Å²) in [5, 5.41) is 3.12. The summed E-state index contributed by atoms with van der Waals surface area (Å²) in [6.45, 7) is 1.95. The Morgan fingerprint density at radius 2 is 1.46 bits per heavy atom. The lowest BCUT2D eigenvalue weighted by atomic mass is 9.91. The fourth-order valence-electron chi connectivity index (χ4n) is 2.87. The molecular formula is C21H18ClNO. The van der Waals surface area contributed by atoms with Crippen LogP contribution < -0.4 is 5.32 Å². The van der Waals surface area contributed by atoms with Crippen molar-refractivity contribution in [2.24, 2.45) is 0 Å². The zero-order valence-corrected chi connectivity index (χ0v) is 14.4. The quantitative estimate of drug-likeness (QED) is 0.687. The molecule has 0 bridgehead atoms. The fourth-order valence-corrected chi connectivity index (χ4v) is 3.12. The van der Waals surface area contributed by atoms with Crippen molar-refractivity contribution < 1.29 is 4.79 Å². The average Bonchev–Trinajstić information content (AvgIpc) is 2.64. The van der Waals surface area contributed by atoms with Crippen LogP contribution in [-0.2, 0) is 0 Å². The Kier molecular flexibility index (Phi) is 4.68. The Labute approximate surface area is 147 Å². The van der Waals surface area contributed by atoms with Crippen molar-refractivity contribution in [3.05, 3.63) is 82.9 Å². The smallest absolute Gasteiger partial charge is 0.252 e. The lowest BCUT2D eigenvalue weighted by Crippen LogP contribution is -2.18. The van der Waals surface area contributed by atoms with Crippen LogP contribution in [-0.4, -0.2) is 13.0 Å². The molecule has 0 unspecified atom stereocenters. The van der Waals surface area contributed by atoms with Gasteiger partial charge in [0.25, 0.3) is 5.91 Å². The molecule has 0 aliphatic carbocycles. The van der Waals surface area contributed by atoms with Crippen LogP contribution in [0.3, 0.4) is 0 Å². The number of amides is 1. The van der Waals surface area contributed by atoms with Crippen LogP contribution in [0, 0.1) is 6.92 Å². The van der Waals surface area contributed by atoms with Crippen LogP contribution in [0.5, 0.6) is 0 Å². The highest BCUT2D eigenvalue weighted by Crippen LogP contribution is 2.37. The first-order valence-corrected chi connectivity index (χ1v) is 8.17. The third-order valence-corrected chi connectivity index (χ3v) is 4.65. The van der Waals surface area contributed by atoms with Gasteiger partial charge in [-0.1, -0.05) is 72.3 Å². The van der Waals surface area contributed by atoms with E-state index in [1.165, 1.54) is 0 Å². The maximum atomic E-state index is 11.9. The summed E-state index contributed by atoms with van der Waals surface area (Å²) in [6, 6.07) is 22.2. The van der Waals surface area contributed by atoms with Crippen molar-refractivity contribution in [3.8, 4) is 22.3 Å². The molecule has 0 fully saturated rings. The van der Waals surface area contributed by atoms with E-state index in [9.17, 15) is 4.79 Å². The molecule has 0 saturated carbocycles. The minimum absolute atomic E-state index is 0.175. The second kappa shape index (κ2) is 6.90. The highest BCUT2D eigenvalue weighted by atomic mass is 35.5. The summed E-state index contributed by atoms with van der Waals surface area (Å²) in [5.41, 5.74) is 5.83.